The molecule has 4 unspecified atom stereocenters. The molecular formula is C26H20ClN5O5. The number of ether oxygens (including phenoxy) is 3. The largest absolute Gasteiger partial charge is 0.459 e. The molecular weight excluding hydrogens is 498 g/mol. The maximum atomic E-state index is 13.0. The monoisotopic (exact) mass is 517 g/mol. The summed E-state index contributed by atoms with van der Waals surface area (Å²) in [6.45, 7) is 1.34. The molecule has 0 radical (unpaired) electrons. The van der Waals surface area contributed by atoms with Gasteiger partial charge in [-0.1, -0.05) is 48.0 Å². The summed E-state index contributed by atoms with van der Waals surface area (Å²) in [4.78, 5) is 38.0. The molecule has 5 rings (SSSR count). The van der Waals surface area contributed by atoms with E-state index in [9.17, 15) is 14.9 Å². The number of hydrogen-bond donors (Lipinski definition) is 0. The van der Waals surface area contributed by atoms with Gasteiger partial charge in [0.1, 0.15) is 30.0 Å². The van der Waals surface area contributed by atoms with Crippen molar-refractivity contribution in [1.82, 2.24) is 19.5 Å². The summed E-state index contributed by atoms with van der Waals surface area (Å²) in [5.41, 5.74) is -0.102. The molecule has 4 atom stereocenters. The smallest absolute Gasteiger partial charge is 0.338 e. The van der Waals surface area contributed by atoms with Crippen molar-refractivity contribution in [3.8, 4) is 6.07 Å². The van der Waals surface area contributed by atoms with Crippen LogP contribution in [-0.4, -0.2) is 50.3 Å². The number of carbonyl (C=O) groups excluding carboxylic acids is 2. The predicted octanol–water partition coefficient (Wildman–Crippen LogP) is 3.99. The van der Waals surface area contributed by atoms with Crippen LogP contribution in [-0.2, 0) is 14.2 Å². The van der Waals surface area contributed by atoms with E-state index in [0.29, 0.717) is 22.3 Å². The van der Waals surface area contributed by atoms with E-state index in [1.807, 2.05) is 0 Å². The fourth-order valence-electron chi connectivity index (χ4n) is 4.27. The minimum Gasteiger partial charge on any atom is -0.459 e. The van der Waals surface area contributed by atoms with Gasteiger partial charge in [0.25, 0.3) is 0 Å². The van der Waals surface area contributed by atoms with Crippen molar-refractivity contribution in [2.24, 2.45) is 5.41 Å². The average Bonchev–Trinajstić information content (AvgIpc) is 3.48. The lowest BCUT2D eigenvalue weighted by atomic mass is 9.83. The van der Waals surface area contributed by atoms with Gasteiger partial charge in [-0.3, -0.25) is 4.57 Å². The third kappa shape index (κ3) is 4.50. The van der Waals surface area contributed by atoms with E-state index in [0.717, 1.165) is 0 Å². The summed E-state index contributed by atoms with van der Waals surface area (Å²) in [6, 6.07) is 19.1. The molecule has 0 N–H and O–H groups in total. The van der Waals surface area contributed by atoms with Crippen molar-refractivity contribution in [2.75, 3.05) is 6.61 Å². The molecule has 1 saturated heterocycles. The van der Waals surface area contributed by atoms with Crippen LogP contribution in [0.15, 0.2) is 73.3 Å². The normalized spacial score (nSPS) is 22.9. The van der Waals surface area contributed by atoms with Crippen molar-refractivity contribution in [3.05, 3.63) is 89.6 Å². The molecule has 0 saturated carbocycles. The van der Waals surface area contributed by atoms with E-state index < -0.39 is 35.8 Å². The van der Waals surface area contributed by atoms with Gasteiger partial charge in [-0.2, -0.15) is 5.26 Å². The first-order chi connectivity index (χ1) is 17.9. The number of nitriles is 1. The summed E-state index contributed by atoms with van der Waals surface area (Å²) in [7, 11) is 0. The second-order valence-corrected chi connectivity index (χ2v) is 8.92. The summed E-state index contributed by atoms with van der Waals surface area (Å²) in [5, 5.41) is 10.5. The third-order valence-electron chi connectivity index (χ3n) is 6.18. The molecule has 2 aromatic heterocycles. The van der Waals surface area contributed by atoms with Crippen LogP contribution < -0.4 is 0 Å². The van der Waals surface area contributed by atoms with Crippen LogP contribution >= 0.6 is 11.6 Å². The molecule has 37 heavy (non-hydrogen) atoms. The summed E-state index contributed by atoms with van der Waals surface area (Å²) in [5.74, 6) is -1.22. The SMILES string of the molecule is CC1(C#N)C(OC(=O)c2ccccc2)C(COC(=O)c2ccccc2)OC1n1cnc2c(Cl)ncnc21. The lowest BCUT2D eigenvalue weighted by Gasteiger charge is -2.28. The average molecular weight is 518 g/mol. The zero-order valence-corrected chi connectivity index (χ0v) is 20.3. The van der Waals surface area contributed by atoms with Gasteiger partial charge in [-0.15, -0.1) is 0 Å². The highest BCUT2D eigenvalue weighted by Gasteiger charge is 2.58. The molecule has 3 heterocycles. The first kappa shape index (κ1) is 24.4. The lowest BCUT2D eigenvalue weighted by Crippen LogP contribution is -2.41. The van der Waals surface area contributed by atoms with Crippen LogP contribution in [0.5, 0.6) is 0 Å². The van der Waals surface area contributed by atoms with Gasteiger partial charge in [0.15, 0.2) is 23.1 Å². The van der Waals surface area contributed by atoms with Gasteiger partial charge >= 0.3 is 11.9 Å². The van der Waals surface area contributed by atoms with Gasteiger partial charge in [0, 0.05) is 0 Å². The number of benzene rings is 2. The van der Waals surface area contributed by atoms with Crippen molar-refractivity contribution in [3.63, 3.8) is 0 Å². The Morgan fingerprint density at radius 3 is 2.35 bits per heavy atom. The quantitative estimate of drug-likeness (QED) is 0.275. The van der Waals surface area contributed by atoms with Crippen molar-refractivity contribution in [2.45, 2.75) is 25.4 Å². The fourth-order valence-corrected chi connectivity index (χ4v) is 4.45. The number of fused-ring (bicyclic) bond motifs is 1. The molecule has 0 bridgehead atoms. The predicted molar refractivity (Wildman–Crippen MR) is 130 cm³/mol. The van der Waals surface area contributed by atoms with Crippen LogP contribution in [0.25, 0.3) is 11.2 Å². The number of aromatic nitrogens is 4. The summed E-state index contributed by atoms with van der Waals surface area (Å²) in [6.07, 6.45) is -0.367. The number of carbonyl (C=O) groups is 2. The van der Waals surface area contributed by atoms with E-state index in [-0.39, 0.29) is 11.8 Å². The van der Waals surface area contributed by atoms with Crippen molar-refractivity contribution in [1.29, 1.82) is 5.26 Å². The highest BCUT2D eigenvalue weighted by Crippen LogP contribution is 2.47. The molecule has 1 fully saturated rings. The molecule has 0 amide bonds. The third-order valence-corrected chi connectivity index (χ3v) is 6.46. The second kappa shape index (κ2) is 9.97. The second-order valence-electron chi connectivity index (χ2n) is 8.57. The van der Waals surface area contributed by atoms with E-state index >= 15 is 0 Å². The molecule has 186 valence electrons. The number of hydrogen-bond acceptors (Lipinski definition) is 9. The highest BCUT2D eigenvalue weighted by molar-refractivity contribution is 6.33. The van der Waals surface area contributed by atoms with Crippen LogP contribution in [0.4, 0.5) is 0 Å². The summed E-state index contributed by atoms with van der Waals surface area (Å²) >= 11 is 6.16. The number of imidazole rings is 1. The molecule has 2 aromatic carbocycles. The zero-order chi connectivity index (χ0) is 26.0. The summed E-state index contributed by atoms with van der Waals surface area (Å²) < 4.78 is 19.1. The standard InChI is InChI=1S/C26H20ClN5O5/c1-26(13-28)20(37-24(34)17-10-6-3-7-11-17)18(12-35-23(33)16-8-4-2-5-9-16)36-25(26)32-15-31-19-21(27)29-14-30-22(19)32/h2-11,14-15,18,20,25H,12H2,1H3. The Balaban J connectivity index is 1.49. The molecule has 0 aliphatic carbocycles. The van der Waals surface area contributed by atoms with E-state index in [4.69, 9.17) is 25.8 Å². The zero-order valence-electron chi connectivity index (χ0n) is 19.5. The number of rotatable bonds is 6. The Morgan fingerprint density at radius 2 is 1.70 bits per heavy atom. The van der Waals surface area contributed by atoms with Gasteiger partial charge in [0.05, 0.1) is 23.5 Å². The van der Waals surface area contributed by atoms with Crippen molar-refractivity contribution >= 4 is 34.7 Å². The molecule has 1 aliphatic rings. The minimum absolute atomic E-state index is 0.140. The van der Waals surface area contributed by atoms with Crippen LogP contribution in [0.2, 0.25) is 5.15 Å². The number of esters is 2. The molecule has 4 aromatic rings. The Labute approximate surface area is 216 Å². The van der Waals surface area contributed by atoms with Crippen LogP contribution in [0.3, 0.4) is 0 Å². The van der Waals surface area contributed by atoms with Crippen LogP contribution in [0.1, 0.15) is 33.9 Å². The van der Waals surface area contributed by atoms with E-state index in [1.165, 1.54) is 17.2 Å². The van der Waals surface area contributed by atoms with Gasteiger partial charge in [0.2, 0.25) is 0 Å². The van der Waals surface area contributed by atoms with Crippen LogP contribution in [0, 0.1) is 16.7 Å². The molecule has 1 aliphatic heterocycles. The Morgan fingerprint density at radius 1 is 1.05 bits per heavy atom. The molecule has 10 nitrogen and oxygen atoms in total. The van der Waals surface area contributed by atoms with E-state index in [2.05, 4.69) is 21.0 Å². The van der Waals surface area contributed by atoms with Gasteiger partial charge < -0.3 is 14.2 Å². The van der Waals surface area contributed by atoms with Gasteiger partial charge in [-0.25, -0.2) is 24.5 Å². The topological polar surface area (TPSA) is 129 Å². The van der Waals surface area contributed by atoms with Crippen molar-refractivity contribution < 1.29 is 23.8 Å². The maximum absolute atomic E-state index is 13.0. The minimum atomic E-state index is -1.42. The Hall–Kier alpha value is -4.33. The van der Waals surface area contributed by atoms with Gasteiger partial charge in [-0.05, 0) is 31.2 Å². The lowest BCUT2D eigenvalue weighted by molar-refractivity contribution is -0.0573. The Kier molecular flexibility index (Phi) is 6.56. The molecule has 0 spiro atoms. The maximum Gasteiger partial charge on any atom is 0.338 e. The number of nitrogens with zero attached hydrogens (tertiary/aromatic N) is 5. The first-order valence-electron chi connectivity index (χ1n) is 11.3. The number of halogens is 1. The highest BCUT2D eigenvalue weighted by atomic mass is 35.5. The Bertz CT molecular complexity index is 1490. The fraction of sp³-hybridized carbons (Fsp3) is 0.231. The first-order valence-corrected chi connectivity index (χ1v) is 11.7. The molecule has 11 heteroatoms. The van der Waals surface area contributed by atoms with E-state index in [1.54, 1.807) is 67.6 Å².